The molecule has 1 unspecified atom stereocenters. The third-order valence-electron chi connectivity index (χ3n) is 2.74. The number of anilines is 2. The van der Waals surface area contributed by atoms with Crippen molar-refractivity contribution in [3.05, 3.63) is 21.0 Å². The van der Waals surface area contributed by atoms with Crippen molar-refractivity contribution in [1.29, 1.82) is 0 Å². The fourth-order valence-electron chi connectivity index (χ4n) is 1.70. The van der Waals surface area contributed by atoms with Crippen molar-refractivity contribution >= 4 is 39.5 Å². The molecule has 2 aromatic heterocycles. The maximum atomic E-state index is 12.3. The van der Waals surface area contributed by atoms with Crippen molar-refractivity contribution < 1.29 is 4.79 Å². The van der Waals surface area contributed by atoms with E-state index < -0.39 is 0 Å². The van der Waals surface area contributed by atoms with E-state index in [2.05, 4.69) is 27.5 Å². The second kappa shape index (κ2) is 6.86. The van der Waals surface area contributed by atoms with Crippen molar-refractivity contribution in [3.63, 3.8) is 0 Å². The van der Waals surface area contributed by atoms with E-state index in [4.69, 9.17) is 5.73 Å². The summed E-state index contributed by atoms with van der Waals surface area (Å²) in [6.45, 7) is 6.71. The highest BCUT2D eigenvalue weighted by molar-refractivity contribution is 7.18. The van der Waals surface area contributed by atoms with Crippen LogP contribution in [0.5, 0.6) is 0 Å². The summed E-state index contributed by atoms with van der Waals surface area (Å²) in [5, 5.41) is 9.57. The van der Waals surface area contributed by atoms with Gasteiger partial charge in [-0.1, -0.05) is 18.3 Å². The van der Waals surface area contributed by atoms with Gasteiger partial charge in [0.1, 0.15) is 15.7 Å². The number of nitrogen functional groups attached to an aromatic ring is 1. The number of aromatic nitrogens is 2. The van der Waals surface area contributed by atoms with E-state index in [1.165, 1.54) is 22.7 Å². The van der Waals surface area contributed by atoms with Crippen molar-refractivity contribution in [2.45, 2.75) is 33.2 Å². The Hall–Kier alpha value is -1.67. The monoisotopic (exact) mass is 325 g/mol. The summed E-state index contributed by atoms with van der Waals surface area (Å²) in [7, 11) is 0. The molecule has 0 aromatic carbocycles. The van der Waals surface area contributed by atoms with E-state index in [9.17, 15) is 4.79 Å². The van der Waals surface area contributed by atoms with Crippen LogP contribution in [0.25, 0.3) is 0 Å². The van der Waals surface area contributed by atoms with E-state index in [0.717, 1.165) is 23.7 Å². The molecule has 21 heavy (non-hydrogen) atoms. The Balaban J connectivity index is 2.04. The first-order valence-corrected chi connectivity index (χ1v) is 8.44. The number of carbonyl (C=O) groups is 1. The van der Waals surface area contributed by atoms with Gasteiger partial charge < -0.3 is 16.4 Å². The number of nitrogens with two attached hydrogens (primary N) is 1. The first-order valence-electron chi connectivity index (χ1n) is 6.74. The highest BCUT2D eigenvalue weighted by Gasteiger charge is 2.19. The quantitative estimate of drug-likeness (QED) is 0.759. The second-order valence-corrected chi connectivity index (χ2v) is 6.57. The molecule has 114 valence electrons. The molecular weight excluding hydrogens is 306 g/mol. The van der Waals surface area contributed by atoms with E-state index in [0.29, 0.717) is 10.0 Å². The number of nitrogens with one attached hydrogen (secondary N) is 2. The molecule has 0 saturated carbocycles. The van der Waals surface area contributed by atoms with Crippen LogP contribution in [0.3, 0.4) is 0 Å². The fraction of sp³-hybridized carbons (Fsp3) is 0.462. The van der Waals surface area contributed by atoms with E-state index in [1.54, 1.807) is 0 Å². The first kappa shape index (κ1) is 15.7. The third-order valence-corrected chi connectivity index (χ3v) is 4.91. The minimum Gasteiger partial charge on any atom is -0.382 e. The topological polar surface area (TPSA) is 92.9 Å². The van der Waals surface area contributed by atoms with E-state index in [-0.39, 0.29) is 17.8 Å². The van der Waals surface area contributed by atoms with Crippen molar-refractivity contribution in [2.24, 2.45) is 0 Å². The SMILES string of the molecule is CCCNc1nc(N)c(C(=O)NC(C)c2nc(C)cs2)s1. The molecule has 1 atom stereocenters. The van der Waals surface area contributed by atoms with Crippen LogP contribution in [0.1, 0.15) is 46.7 Å². The van der Waals surface area contributed by atoms with Gasteiger partial charge in [-0.2, -0.15) is 0 Å². The molecule has 1 amide bonds. The number of amides is 1. The molecule has 0 aliphatic carbocycles. The summed E-state index contributed by atoms with van der Waals surface area (Å²) >= 11 is 2.81. The van der Waals surface area contributed by atoms with Gasteiger partial charge in [0.05, 0.1) is 6.04 Å². The average molecular weight is 325 g/mol. The molecule has 6 nitrogen and oxygen atoms in total. The highest BCUT2D eigenvalue weighted by Crippen LogP contribution is 2.26. The minimum absolute atomic E-state index is 0.148. The van der Waals surface area contributed by atoms with Crippen LogP contribution in [0.15, 0.2) is 5.38 Å². The third kappa shape index (κ3) is 3.92. The number of nitrogens with zero attached hydrogens (tertiary/aromatic N) is 2. The van der Waals surface area contributed by atoms with Crippen LogP contribution in [0, 0.1) is 6.92 Å². The molecule has 0 radical (unpaired) electrons. The molecule has 0 bridgehead atoms. The zero-order valence-electron chi connectivity index (χ0n) is 12.3. The highest BCUT2D eigenvalue weighted by atomic mass is 32.1. The Morgan fingerprint density at radius 3 is 2.86 bits per heavy atom. The maximum Gasteiger partial charge on any atom is 0.265 e. The number of thiazole rings is 2. The van der Waals surface area contributed by atoms with Crippen LogP contribution >= 0.6 is 22.7 Å². The van der Waals surface area contributed by atoms with Gasteiger partial charge in [-0.15, -0.1) is 11.3 Å². The summed E-state index contributed by atoms with van der Waals surface area (Å²) in [6.07, 6.45) is 0.988. The molecule has 2 heterocycles. The number of rotatable bonds is 6. The number of aryl methyl sites for hydroxylation is 1. The Kier molecular flexibility index (Phi) is 5.13. The Bertz CT molecular complexity index is 622. The Labute approximate surface area is 131 Å². The van der Waals surface area contributed by atoms with Gasteiger partial charge in [0.25, 0.3) is 5.91 Å². The van der Waals surface area contributed by atoms with Gasteiger partial charge in [-0.3, -0.25) is 4.79 Å². The number of carbonyl (C=O) groups excluding carboxylic acids is 1. The van der Waals surface area contributed by atoms with Crippen LogP contribution in [-0.4, -0.2) is 22.4 Å². The molecule has 0 aliphatic rings. The Morgan fingerprint density at radius 2 is 2.24 bits per heavy atom. The van der Waals surface area contributed by atoms with Crippen LogP contribution < -0.4 is 16.4 Å². The van der Waals surface area contributed by atoms with Crippen LogP contribution in [0.2, 0.25) is 0 Å². The second-order valence-electron chi connectivity index (χ2n) is 4.68. The maximum absolute atomic E-state index is 12.3. The van der Waals surface area contributed by atoms with E-state index in [1.807, 2.05) is 19.2 Å². The van der Waals surface area contributed by atoms with Gasteiger partial charge in [0.15, 0.2) is 5.13 Å². The average Bonchev–Trinajstić information content (AvgIpc) is 3.02. The van der Waals surface area contributed by atoms with Gasteiger partial charge in [0, 0.05) is 17.6 Å². The first-order chi connectivity index (χ1) is 10.0. The summed E-state index contributed by atoms with van der Waals surface area (Å²) in [6, 6.07) is -0.148. The fourth-order valence-corrected chi connectivity index (χ4v) is 3.31. The molecular formula is C13H19N5OS2. The van der Waals surface area contributed by atoms with E-state index >= 15 is 0 Å². The molecule has 0 fully saturated rings. The summed E-state index contributed by atoms with van der Waals surface area (Å²) in [4.78, 5) is 21.2. The van der Waals surface area contributed by atoms with Gasteiger partial charge in [0.2, 0.25) is 0 Å². The van der Waals surface area contributed by atoms with Gasteiger partial charge >= 0.3 is 0 Å². The molecule has 0 aliphatic heterocycles. The zero-order chi connectivity index (χ0) is 15.4. The number of hydrogen-bond donors (Lipinski definition) is 3. The largest absolute Gasteiger partial charge is 0.382 e. The summed E-state index contributed by atoms with van der Waals surface area (Å²) in [5.74, 6) is 0.0496. The number of hydrogen-bond acceptors (Lipinski definition) is 7. The lowest BCUT2D eigenvalue weighted by Crippen LogP contribution is -2.26. The lowest BCUT2D eigenvalue weighted by atomic mass is 10.3. The molecule has 2 aromatic rings. The molecule has 8 heteroatoms. The summed E-state index contributed by atoms with van der Waals surface area (Å²) < 4.78 is 0. The van der Waals surface area contributed by atoms with Crippen molar-refractivity contribution in [3.8, 4) is 0 Å². The predicted molar refractivity (Wildman–Crippen MR) is 88.0 cm³/mol. The normalized spacial score (nSPS) is 12.1. The van der Waals surface area contributed by atoms with Gasteiger partial charge in [-0.25, -0.2) is 9.97 Å². The molecule has 4 N–H and O–H groups in total. The lowest BCUT2D eigenvalue weighted by Gasteiger charge is -2.10. The Morgan fingerprint density at radius 1 is 1.48 bits per heavy atom. The van der Waals surface area contributed by atoms with Crippen LogP contribution in [0.4, 0.5) is 10.9 Å². The molecule has 0 saturated heterocycles. The molecule has 2 rings (SSSR count). The minimum atomic E-state index is -0.213. The predicted octanol–water partition coefficient (Wildman–Crippen LogP) is 2.80. The lowest BCUT2D eigenvalue weighted by molar-refractivity contribution is 0.0944. The van der Waals surface area contributed by atoms with Gasteiger partial charge in [-0.05, 0) is 20.3 Å². The van der Waals surface area contributed by atoms with Crippen LogP contribution in [-0.2, 0) is 0 Å². The van der Waals surface area contributed by atoms with Crippen molar-refractivity contribution in [2.75, 3.05) is 17.6 Å². The summed E-state index contributed by atoms with van der Waals surface area (Å²) in [5.41, 5.74) is 6.78. The zero-order valence-corrected chi connectivity index (χ0v) is 13.9. The standard InChI is InChI=1S/C13H19N5OS2/c1-4-5-15-13-18-10(14)9(21-13)11(19)17-8(3)12-16-7(2)6-20-12/h6,8H,4-5,14H2,1-3H3,(H,15,18)(H,17,19). The molecule has 0 spiro atoms. The smallest absolute Gasteiger partial charge is 0.265 e. The van der Waals surface area contributed by atoms with Crippen molar-refractivity contribution in [1.82, 2.24) is 15.3 Å².